The average Bonchev–Trinajstić information content (AvgIpc) is 3.02. The monoisotopic (exact) mass is 354 g/mol. The van der Waals surface area contributed by atoms with E-state index in [1.54, 1.807) is 11.8 Å². The third-order valence-corrected chi connectivity index (χ3v) is 7.35. The lowest BCUT2D eigenvalue weighted by Crippen LogP contribution is -2.56. The van der Waals surface area contributed by atoms with Gasteiger partial charge >= 0.3 is 0 Å². The summed E-state index contributed by atoms with van der Waals surface area (Å²) in [6.45, 7) is 3.03. The van der Waals surface area contributed by atoms with Crippen molar-refractivity contribution < 1.29 is 22.3 Å². The van der Waals surface area contributed by atoms with Crippen molar-refractivity contribution in [1.29, 1.82) is 0 Å². The number of hydrogen-bond acceptors (Lipinski definition) is 4. The van der Waals surface area contributed by atoms with Crippen LogP contribution in [0.4, 0.5) is 4.39 Å². The summed E-state index contributed by atoms with van der Waals surface area (Å²) < 4.78 is 47.1. The van der Waals surface area contributed by atoms with Crippen LogP contribution in [-0.4, -0.2) is 55.0 Å². The quantitative estimate of drug-likeness (QED) is 0.802. The summed E-state index contributed by atoms with van der Waals surface area (Å²) in [6, 6.07) is 3.20. The highest BCUT2D eigenvalue weighted by atomic mass is 32.2. The van der Waals surface area contributed by atoms with Gasteiger partial charge in [-0.1, -0.05) is 6.07 Å². The van der Waals surface area contributed by atoms with E-state index in [9.17, 15) is 17.6 Å². The molecule has 4 rings (SSSR count). The topological polar surface area (TPSA) is 66.9 Å². The summed E-state index contributed by atoms with van der Waals surface area (Å²) in [5.74, 6) is -0.665. The number of amides is 1. The normalized spacial score (nSPS) is 30.5. The summed E-state index contributed by atoms with van der Waals surface area (Å²) in [7, 11) is -3.89. The summed E-state index contributed by atoms with van der Waals surface area (Å²) in [6.07, 6.45) is 1.33. The largest absolute Gasteiger partial charge is 0.354 e. The zero-order valence-corrected chi connectivity index (χ0v) is 14.2. The van der Waals surface area contributed by atoms with Gasteiger partial charge in [0, 0.05) is 25.9 Å². The predicted octanol–water partition coefficient (Wildman–Crippen LogP) is 1.25. The molecule has 1 spiro atoms. The molecule has 0 N–H and O–H groups in total. The van der Waals surface area contributed by atoms with Crippen LogP contribution >= 0.6 is 0 Å². The van der Waals surface area contributed by atoms with Crippen LogP contribution in [0.1, 0.15) is 24.8 Å². The van der Waals surface area contributed by atoms with Gasteiger partial charge in [-0.05, 0) is 31.0 Å². The SMILES string of the molecule is Cc1ccc(F)cc1S(=O)(=O)N1CC[C@@]23OCCCN2C(=O)C[C@@H]13. The summed E-state index contributed by atoms with van der Waals surface area (Å²) in [4.78, 5) is 14.0. The van der Waals surface area contributed by atoms with E-state index in [0.717, 1.165) is 12.5 Å². The highest BCUT2D eigenvalue weighted by Gasteiger charge is 2.63. The van der Waals surface area contributed by atoms with E-state index in [1.807, 2.05) is 0 Å². The molecule has 0 radical (unpaired) electrons. The maximum atomic E-state index is 13.6. The van der Waals surface area contributed by atoms with Gasteiger partial charge in [-0.3, -0.25) is 4.79 Å². The molecule has 0 aliphatic carbocycles. The molecule has 6 nitrogen and oxygen atoms in total. The van der Waals surface area contributed by atoms with Crippen LogP contribution in [0.2, 0.25) is 0 Å². The molecule has 1 amide bonds. The lowest BCUT2D eigenvalue weighted by Gasteiger charge is -2.42. The van der Waals surface area contributed by atoms with Crippen molar-refractivity contribution in [1.82, 2.24) is 9.21 Å². The molecule has 0 bridgehead atoms. The van der Waals surface area contributed by atoms with Gasteiger partial charge in [-0.2, -0.15) is 4.31 Å². The van der Waals surface area contributed by atoms with Crippen LogP contribution in [0.15, 0.2) is 23.1 Å². The molecule has 3 saturated heterocycles. The van der Waals surface area contributed by atoms with Crippen molar-refractivity contribution >= 4 is 15.9 Å². The number of ether oxygens (including phenoxy) is 1. The fourth-order valence-corrected chi connectivity index (χ4v) is 6.07. The minimum Gasteiger partial charge on any atom is -0.354 e. The van der Waals surface area contributed by atoms with Crippen molar-refractivity contribution in [2.45, 2.75) is 42.8 Å². The molecule has 24 heavy (non-hydrogen) atoms. The minimum atomic E-state index is -3.89. The van der Waals surface area contributed by atoms with Gasteiger partial charge in [0.25, 0.3) is 0 Å². The van der Waals surface area contributed by atoms with Crippen LogP contribution in [0, 0.1) is 12.7 Å². The van der Waals surface area contributed by atoms with Crippen molar-refractivity contribution in [3.05, 3.63) is 29.6 Å². The number of carbonyl (C=O) groups is 1. The Balaban J connectivity index is 1.75. The second-order valence-electron chi connectivity index (χ2n) is 6.59. The van der Waals surface area contributed by atoms with E-state index < -0.39 is 27.6 Å². The zero-order chi connectivity index (χ0) is 17.1. The van der Waals surface area contributed by atoms with Crippen molar-refractivity contribution in [2.75, 3.05) is 19.7 Å². The number of halogens is 1. The third kappa shape index (κ3) is 2.06. The Kier molecular flexibility index (Phi) is 3.49. The second-order valence-corrected chi connectivity index (χ2v) is 8.45. The van der Waals surface area contributed by atoms with Crippen LogP contribution in [0.25, 0.3) is 0 Å². The number of carbonyl (C=O) groups excluding carboxylic acids is 1. The maximum absolute atomic E-state index is 13.6. The number of benzene rings is 1. The Labute approximate surface area is 140 Å². The van der Waals surface area contributed by atoms with Gasteiger partial charge in [0.05, 0.1) is 17.5 Å². The Hall–Kier alpha value is -1.51. The highest BCUT2D eigenvalue weighted by molar-refractivity contribution is 7.89. The molecular formula is C16H19FN2O4S. The van der Waals surface area contributed by atoms with Gasteiger partial charge in [0.1, 0.15) is 5.82 Å². The lowest BCUT2D eigenvalue weighted by atomic mass is 10.0. The van der Waals surface area contributed by atoms with E-state index in [-0.39, 0.29) is 23.8 Å². The minimum absolute atomic E-state index is 0.0405. The first-order chi connectivity index (χ1) is 11.4. The van der Waals surface area contributed by atoms with E-state index in [1.165, 1.54) is 16.4 Å². The van der Waals surface area contributed by atoms with Crippen LogP contribution in [0.5, 0.6) is 0 Å². The van der Waals surface area contributed by atoms with Crippen molar-refractivity contribution in [3.8, 4) is 0 Å². The zero-order valence-electron chi connectivity index (χ0n) is 13.4. The molecule has 3 heterocycles. The number of hydrogen-bond donors (Lipinski definition) is 0. The van der Waals surface area contributed by atoms with E-state index in [4.69, 9.17) is 4.74 Å². The molecule has 1 aromatic carbocycles. The second kappa shape index (κ2) is 5.24. The molecule has 3 fully saturated rings. The molecule has 0 aromatic heterocycles. The van der Waals surface area contributed by atoms with Crippen LogP contribution < -0.4 is 0 Å². The summed E-state index contributed by atoms with van der Waals surface area (Å²) in [5, 5.41) is 0. The first-order valence-electron chi connectivity index (χ1n) is 8.09. The summed E-state index contributed by atoms with van der Waals surface area (Å²) >= 11 is 0. The van der Waals surface area contributed by atoms with Gasteiger partial charge in [0.15, 0.2) is 5.72 Å². The third-order valence-electron chi connectivity index (χ3n) is 5.30. The maximum Gasteiger partial charge on any atom is 0.243 e. The van der Waals surface area contributed by atoms with Gasteiger partial charge in [-0.15, -0.1) is 0 Å². The Morgan fingerprint density at radius 1 is 1.33 bits per heavy atom. The molecule has 0 unspecified atom stereocenters. The lowest BCUT2D eigenvalue weighted by molar-refractivity contribution is -0.178. The van der Waals surface area contributed by atoms with Crippen LogP contribution in [0.3, 0.4) is 0 Å². The molecular weight excluding hydrogens is 335 g/mol. The molecule has 3 aliphatic rings. The Morgan fingerprint density at radius 3 is 2.92 bits per heavy atom. The molecule has 8 heteroatoms. The van der Waals surface area contributed by atoms with Gasteiger partial charge in [-0.25, -0.2) is 12.8 Å². The number of nitrogens with zero attached hydrogens (tertiary/aromatic N) is 2. The Morgan fingerprint density at radius 2 is 2.12 bits per heavy atom. The van der Waals surface area contributed by atoms with Crippen LogP contribution in [-0.2, 0) is 19.6 Å². The van der Waals surface area contributed by atoms with Gasteiger partial charge in [0.2, 0.25) is 15.9 Å². The highest BCUT2D eigenvalue weighted by Crippen LogP contribution is 2.46. The molecule has 3 aliphatic heterocycles. The smallest absolute Gasteiger partial charge is 0.243 e. The van der Waals surface area contributed by atoms with Crippen molar-refractivity contribution in [3.63, 3.8) is 0 Å². The van der Waals surface area contributed by atoms with E-state index >= 15 is 0 Å². The number of sulfonamides is 1. The first kappa shape index (κ1) is 16.0. The standard InChI is InChI=1S/C16H19FN2O4S/c1-11-3-4-12(17)9-13(11)24(21,22)19-7-5-16-14(19)10-15(20)18(16)6-2-8-23-16/h3-4,9,14H,2,5-8,10H2,1H3/t14-,16+/m1/s1. The molecule has 2 atom stereocenters. The molecule has 130 valence electrons. The van der Waals surface area contributed by atoms with E-state index in [0.29, 0.717) is 25.1 Å². The first-order valence-corrected chi connectivity index (χ1v) is 9.53. The predicted molar refractivity (Wildman–Crippen MR) is 83.1 cm³/mol. The number of rotatable bonds is 2. The van der Waals surface area contributed by atoms with E-state index in [2.05, 4.69) is 0 Å². The average molecular weight is 354 g/mol. The van der Waals surface area contributed by atoms with Crippen molar-refractivity contribution in [2.24, 2.45) is 0 Å². The molecule has 1 aromatic rings. The van der Waals surface area contributed by atoms with Gasteiger partial charge < -0.3 is 9.64 Å². The molecule has 0 saturated carbocycles. The number of aryl methyl sites for hydroxylation is 1. The fraction of sp³-hybridized carbons (Fsp3) is 0.562. The fourth-order valence-electron chi connectivity index (χ4n) is 4.18. The summed E-state index contributed by atoms with van der Waals surface area (Å²) in [5.41, 5.74) is -0.355. The Bertz CT molecular complexity index is 812.